The Morgan fingerprint density at radius 3 is 2.29 bits per heavy atom. The minimum atomic E-state index is 0.165. The van der Waals surface area contributed by atoms with E-state index < -0.39 is 0 Å². The summed E-state index contributed by atoms with van der Waals surface area (Å²) >= 11 is 0. The number of likely N-dealkylation sites (tertiary alicyclic amines) is 1. The summed E-state index contributed by atoms with van der Waals surface area (Å²) in [6, 6.07) is 9.36. The fourth-order valence-electron chi connectivity index (χ4n) is 3.74. The second kappa shape index (κ2) is 6.50. The molecule has 1 aliphatic rings. The van der Waals surface area contributed by atoms with Crippen molar-refractivity contribution in [3.8, 4) is 0 Å². The van der Waals surface area contributed by atoms with E-state index in [1.807, 2.05) is 0 Å². The van der Waals surface area contributed by atoms with Gasteiger partial charge in [-0.15, -0.1) is 0 Å². The second-order valence-electron chi connectivity index (χ2n) is 7.89. The van der Waals surface area contributed by atoms with E-state index in [9.17, 15) is 0 Å². The topological polar surface area (TPSA) is 29.3 Å². The van der Waals surface area contributed by atoms with Gasteiger partial charge in [-0.2, -0.15) is 0 Å². The molecule has 0 amide bonds. The van der Waals surface area contributed by atoms with E-state index in [0.717, 1.165) is 5.92 Å². The van der Waals surface area contributed by atoms with Gasteiger partial charge in [-0.1, -0.05) is 50.6 Å². The average molecular weight is 288 g/mol. The first kappa shape index (κ1) is 16.5. The lowest BCUT2D eigenvalue weighted by Crippen LogP contribution is -2.45. The summed E-state index contributed by atoms with van der Waals surface area (Å²) in [6.45, 7) is 13.8. The van der Waals surface area contributed by atoms with E-state index >= 15 is 0 Å². The number of benzene rings is 1. The number of piperidine rings is 1. The Morgan fingerprint density at radius 2 is 1.81 bits per heavy atom. The van der Waals surface area contributed by atoms with Crippen LogP contribution in [-0.2, 0) is 0 Å². The lowest BCUT2D eigenvalue weighted by molar-refractivity contribution is 0.0749. The summed E-state index contributed by atoms with van der Waals surface area (Å²) < 4.78 is 0. The molecule has 0 aliphatic carbocycles. The average Bonchev–Trinajstić information content (AvgIpc) is 2.38. The molecule has 0 bridgehead atoms. The lowest BCUT2D eigenvalue weighted by atomic mass is 9.75. The van der Waals surface area contributed by atoms with Crippen molar-refractivity contribution < 1.29 is 0 Å². The van der Waals surface area contributed by atoms with Crippen molar-refractivity contribution in [2.75, 3.05) is 13.1 Å². The molecule has 1 heterocycles. The van der Waals surface area contributed by atoms with Crippen molar-refractivity contribution in [1.29, 1.82) is 0 Å². The molecular weight excluding hydrogens is 256 g/mol. The number of nitrogens with two attached hydrogens (primary N) is 1. The molecule has 21 heavy (non-hydrogen) atoms. The highest BCUT2D eigenvalue weighted by Crippen LogP contribution is 2.37. The van der Waals surface area contributed by atoms with Crippen LogP contribution in [0.5, 0.6) is 0 Å². The van der Waals surface area contributed by atoms with Crippen LogP contribution in [-0.4, -0.2) is 24.0 Å². The summed E-state index contributed by atoms with van der Waals surface area (Å²) in [5.41, 5.74) is 9.45. The Morgan fingerprint density at radius 1 is 1.19 bits per heavy atom. The van der Waals surface area contributed by atoms with Gasteiger partial charge < -0.3 is 5.73 Å². The molecule has 2 rings (SSSR count). The number of hydrogen-bond acceptors (Lipinski definition) is 2. The third kappa shape index (κ3) is 4.08. The zero-order chi connectivity index (χ0) is 15.6. The van der Waals surface area contributed by atoms with Crippen molar-refractivity contribution in [2.45, 2.75) is 59.5 Å². The highest BCUT2D eigenvalue weighted by atomic mass is 15.2. The van der Waals surface area contributed by atoms with Gasteiger partial charge in [-0.3, -0.25) is 4.90 Å². The van der Waals surface area contributed by atoms with Gasteiger partial charge in [0.2, 0.25) is 0 Å². The zero-order valence-corrected chi connectivity index (χ0v) is 14.4. The molecule has 0 spiro atoms. The van der Waals surface area contributed by atoms with Crippen LogP contribution >= 0.6 is 0 Å². The molecule has 0 radical (unpaired) electrons. The van der Waals surface area contributed by atoms with Gasteiger partial charge >= 0.3 is 0 Å². The maximum atomic E-state index is 6.33. The maximum absolute atomic E-state index is 6.33. The summed E-state index contributed by atoms with van der Waals surface area (Å²) in [5.74, 6) is 0.833. The molecule has 1 fully saturated rings. The summed E-state index contributed by atoms with van der Waals surface area (Å²) in [5, 5.41) is 0. The van der Waals surface area contributed by atoms with E-state index in [4.69, 9.17) is 5.73 Å². The van der Waals surface area contributed by atoms with Crippen LogP contribution in [0.3, 0.4) is 0 Å². The maximum Gasteiger partial charge on any atom is 0.0496 e. The van der Waals surface area contributed by atoms with Gasteiger partial charge in [0, 0.05) is 12.1 Å². The first-order valence-corrected chi connectivity index (χ1v) is 8.35. The predicted octanol–water partition coefficient (Wildman–Crippen LogP) is 4.14. The number of hydrogen-bond donors (Lipinski definition) is 1. The molecule has 1 aromatic rings. The van der Waals surface area contributed by atoms with E-state index in [0.29, 0.717) is 11.5 Å². The molecule has 2 unspecified atom stereocenters. The molecule has 0 saturated carbocycles. The smallest absolute Gasteiger partial charge is 0.0496 e. The normalized spacial score (nSPS) is 21.2. The second-order valence-corrected chi connectivity index (χ2v) is 7.89. The monoisotopic (exact) mass is 288 g/mol. The van der Waals surface area contributed by atoms with E-state index in [-0.39, 0.29) is 6.04 Å². The van der Waals surface area contributed by atoms with E-state index in [1.54, 1.807) is 0 Å². The molecule has 118 valence electrons. The fourth-order valence-corrected chi connectivity index (χ4v) is 3.74. The van der Waals surface area contributed by atoms with Crippen molar-refractivity contribution in [3.05, 3.63) is 35.4 Å². The minimum Gasteiger partial charge on any atom is -0.326 e. The van der Waals surface area contributed by atoms with E-state index in [2.05, 4.69) is 63.8 Å². The Balaban J connectivity index is 2.11. The molecule has 1 saturated heterocycles. The summed E-state index contributed by atoms with van der Waals surface area (Å²) in [7, 11) is 0. The molecule has 0 aromatic heterocycles. The summed E-state index contributed by atoms with van der Waals surface area (Å²) in [4.78, 5) is 2.60. The van der Waals surface area contributed by atoms with Crippen molar-refractivity contribution >= 4 is 0 Å². The Bertz CT molecular complexity index is 451. The van der Waals surface area contributed by atoms with Crippen LogP contribution in [0.4, 0.5) is 0 Å². The van der Waals surface area contributed by atoms with Crippen LogP contribution in [0.15, 0.2) is 24.3 Å². The number of aryl methyl sites for hydroxylation is 1. The van der Waals surface area contributed by atoms with Crippen LogP contribution in [0.2, 0.25) is 0 Å². The largest absolute Gasteiger partial charge is 0.326 e. The van der Waals surface area contributed by atoms with Gasteiger partial charge in [0.25, 0.3) is 0 Å². The molecule has 2 atom stereocenters. The number of nitrogens with zero attached hydrogens (tertiary/aromatic N) is 1. The molecular formula is C19H32N2. The van der Waals surface area contributed by atoms with Crippen molar-refractivity contribution in [2.24, 2.45) is 17.1 Å². The SMILES string of the molecule is Cc1cccc(C(C(C)N)N2CCC(C(C)(C)C)CC2)c1. The van der Waals surface area contributed by atoms with Crippen LogP contribution in [0.25, 0.3) is 0 Å². The van der Waals surface area contributed by atoms with Gasteiger partial charge in [0.05, 0.1) is 0 Å². The van der Waals surface area contributed by atoms with E-state index in [1.165, 1.54) is 37.1 Å². The van der Waals surface area contributed by atoms with Gasteiger partial charge in [-0.05, 0) is 56.7 Å². The highest BCUT2D eigenvalue weighted by Gasteiger charge is 2.32. The first-order valence-electron chi connectivity index (χ1n) is 8.35. The highest BCUT2D eigenvalue weighted by molar-refractivity contribution is 5.26. The van der Waals surface area contributed by atoms with Crippen LogP contribution in [0.1, 0.15) is 57.7 Å². The van der Waals surface area contributed by atoms with Gasteiger partial charge in [0.15, 0.2) is 0 Å². The van der Waals surface area contributed by atoms with Crippen molar-refractivity contribution in [1.82, 2.24) is 4.90 Å². The predicted molar refractivity (Wildman–Crippen MR) is 91.3 cm³/mol. The molecule has 1 aromatic carbocycles. The van der Waals surface area contributed by atoms with Crippen LogP contribution < -0.4 is 5.73 Å². The third-order valence-corrected chi connectivity index (χ3v) is 5.03. The van der Waals surface area contributed by atoms with Crippen molar-refractivity contribution in [3.63, 3.8) is 0 Å². The zero-order valence-electron chi connectivity index (χ0n) is 14.4. The fraction of sp³-hybridized carbons (Fsp3) is 0.684. The third-order valence-electron chi connectivity index (χ3n) is 5.03. The number of rotatable bonds is 3. The standard InChI is InChI=1S/C19H32N2/c1-14-7-6-8-16(13-14)18(15(2)20)21-11-9-17(10-12-21)19(3,4)5/h6-8,13,15,17-18H,9-12,20H2,1-5H3. The summed E-state index contributed by atoms with van der Waals surface area (Å²) in [6.07, 6.45) is 2.58. The lowest BCUT2D eigenvalue weighted by Gasteiger charge is -2.43. The quantitative estimate of drug-likeness (QED) is 0.905. The Kier molecular flexibility index (Phi) is 5.11. The van der Waals surface area contributed by atoms with Gasteiger partial charge in [0.1, 0.15) is 0 Å². The molecule has 1 aliphatic heterocycles. The Hall–Kier alpha value is -0.860. The van der Waals surface area contributed by atoms with Crippen LogP contribution in [0, 0.1) is 18.3 Å². The molecule has 2 heteroatoms. The minimum absolute atomic E-state index is 0.165. The first-order chi connectivity index (χ1) is 9.79. The van der Waals surface area contributed by atoms with Gasteiger partial charge in [-0.25, -0.2) is 0 Å². The molecule has 2 N–H and O–H groups in total. The Labute approximate surface area is 130 Å². The molecule has 2 nitrogen and oxygen atoms in total.